The third kappa shape index (κ3) is 5.86. The summed E-state index contributed by atoms with van der Waals surface area (Å²) >= 11 is 0. The molecule has 1 unspecified atom stereocenters. The number of benzene rings is 1. The molecule has 2 aromatic rings. The number of nitrogens with zero attached hydrogens (tertiary/aromatic N) is 1. The molecule has 1 aliphatic heterocycles. The van der Waals surface area contributed by atoms with Crippen molar-refractivity contribution < 1.29 is 18.7 Å². The summed E-state index contributed by atoms with van der Waals surface area (Å²) in [6.45, 7) is 2.23. The zero-order chi connectivity index (χ0) is 18.9. The highest BCUT2D eigenvalue weighted by atomic mass is 16.5. The zero-order valence-corrected chi connectivity index (χ0v) is 15.2. The van der Waals surface area contributed by atoms with Crippen LogP contribution in [0, 0.1) is 0 Å². The van der Waals surface area contributed by atoms with Crippen LogP contribution in [0.5, 0.6) is 5.75 Å². The van der Waals surface area contributed by atoms with Gasteiger partial charge in [0.2, 0.25) is 5.91 Å². The monoisotopic (exact) mass is 371 g/mol. The topological polar surface area (TPSA) is 83.8 Å². The smallest absolute Gasteiger partial charge is 0.258 e. The molecule has 0 spiro atoms. The van der Waals surface area contributed by atoms with Gasteiger partial charge in [-0.15, -0.1) is 0 Å². The van der Waals surface area contributed by atoms with E-state index in [4.69, 9.17) is 9.15 Å². The van der Waals surface area contributed by atoms with E-state index in [1.807, 2.05) is 30.3 Å². The standard InChI is InChI=1S/C20H25N3O4/c24-19(14-22-20(25)15-27-16-7-2-1-3-8-16)21-13-17(18-9-6-12-26-18)23-10-4-5-11-23/h1-3,6-9,12,17H,4-5,10-11,13-15H2,(H,21,24)(H,22,25). The van der Waals surface area contributed by atoms with Gasteiger partial charge < -0.3 is 19.8 Å². The van der Waals surface area contributed by atoms with Crippen molar-refractivity contribution in [1.82, 2.24) is 15.5 Å². The van der Waals surface area contributed by atoms with E-state index in [9.17, 15) is 9.59 Å². The van der Waals surface area contributed by atoms with Gasteiger partial charge in [0.25, 0.3) is 5.91 Å². The zero-order valence-electron chi connectivity index (χ0n) is 15.2. The molecule has 2 amide bonds. The number of hydrogen-bond acceptors (Lipinski definition) is 5. The largest absolute Gasteiger partial charge is 0.484 e. The van der Waals surface area contributed by atoms with E-state index in [0.717, 1.165) is 31.7 Å². The van der Waals surface area contributed by atoms with Crippen LogP contribution in [0.4, 0.5) is 0 Å². The number of rotatable bonds is 9. The second-order valence-electron chi connectivity index (χ2n) is 6.46. The van der Waals surface area contributed by atoms with Crippen molar-refractivity contribution >= 4 is 11.8 Å². The second-order valence-corrected chi connectivity index (χ2v) is 6.46. The van der Waals surface area contributed by atoms with Crippen molar-refractivity contribution in [2.45, 2.75) is 18.9 Å². The van der Waals surface area contributed by atoms with Gasteiger partial charge in [0.1, 0.15) is 11.5 Å². The van der Waals surface area contributed by atoms with Crippen LogP contribution in [-0.2, 0) is 9.59 Å². The SMILES string of the molecule is O=C(CNC(=O)COc1ccccc1)NCC(c1ccco1)N1CCCC1. The molecule has 0 saturated carbocycles. The third-order valence-electron chi connectivity index (χ3n) is 4.50. The normalized spacial score (nSPS) is 15.3. The van der Waals surface area contributed by atoms with Gasteiger partial charge >= 0.3 is 0 Å². The Morgan fingerprint density at radius 1 is 1.04 bits per heavy atom. The molecule has 1 aliphatic rings. The number of carbonyl (C=O) groups excluding carboxylic acids is 2. The minimum Gasteiger partial charge on any atom is -0.484 e. The molecule has 1 atom stereocenters. The summed E-state index contributed by atoms with van der Waals surface area (Å²) in [6.07, 6.45) is 3.96. The molecule has 1 fully saturated rings. The molecule has 3 rings (SSSR count). The van der Waals surface area contributed by atoms with Gasteiger partial charge in [-0.3, -0.25) is 14.5 Å². The van der Waals surface area contributed by atoms with Crippen LogP contribution in [0.15, 0.2) is 53.1 Å². The number of furan rings is 1. The Morgan fingerprint density at radius 3 is 2.52 bits per heavy atom. The number of nitrogens with one attached hydrogen (secondary N) is 2. The first-order valence-electron chi connectivity index (χ1n) is 9.21. The molecule has 0 radical (unpaired) electrons. The first-order chi connectivity index (χ1) is 13.2. The Hall–Kier alpha value is -2.80. The summed E-state index contributed by atoms with van der Waals surface area (Å²) in [5.41, 5.74) is 0. The number of ether oxygens (including phenoxy) is 1. The summed E-state index contributed by atoms with van der Waals surface area (Å²) in [7, 11) is 0. The van der Waals surface area contributed by atoms with Crippen LogP contribution in [0.25, 0.3) is 0 Å². The van der Waals surface area contributed by atoms with E-state index in [1.165, 1.54) is 0 Å². The van der Waals surface area contributed by atoms with E-state index in [0.29, 0.717) is 12.3 Å². The van der Waals surface area contributed by atoms with Crippen LogP contribution in [0.1, 0.15) is 24.6 Å². The van der Waals surface area contributed by atoms with Crippen molar-refractivity contribution in [2.24, 2.45) is 0 Å². The Kier molecular flexibility index (Phi) is 6.87. The Labute approximate surface area is 158 Å². The summed E-state index contributed by atoms with van der Waals surface area (Å²) < 4.78 is 10.9. The predicted octanol–water partition coefficient (Wildman–Crippen LogP) is 1.73. The van der Waals surface area contributed by atoms with E-state index < -0.39 is 0 Å². The van der Waals surface area contributed by atoms with Crippen LogP contribution in [0.2, 0.25) is 0 Å². The lowest BCUT2D eigenvalue weighted by molar-refractivity contribution is -0.127. The molecule has 0 aliphatic carbocycles. The molecule has 0 bridgehead atoms. The van der Waals surface area contributed by atoms with E-state index in [1.54, 1.807) is 18.4 Å². The van der Waals surface area contributed by atoms with Gasteiger partial charge in [-0.1, -0.05) is 18.2 Å². The number of amides is 2. The molecule has 2 heterocycles. The number of hydrogen-bond donors (Lipinski definition) is 2. The van der Waals surface area contributed by atoms with Crippen LogP contribution >= 0.6 is 0 Å². The highest BCUT2D eigenvalue weighted by molar-refractivity contribution is 5.85. The average molecular weight is 371 g/mol. The molecule has 2 N–H and O–H groups in total. The number of para-hydroxylation sites is 1. The van der Waals surface area contributed by atoms with Crippen LogP contribution in [-0.4, -0.2) is 49.5 Å². The Bertz CT molecular complexity index is 712. The van der Waals surface area contributed by atoms with Crippen LogP contribution < -0.4 is 15.4 Å². The lowest BCUT2D eigenvalue weighted by Gasteiger charge is -2.26. The summed E-state index contributed by atoms with van der Waals surface area (Å²) in [5, 5.41) is 5.45. The summed E-state index contributed by atoms with van der Waals surface area (Å²) in [4.78, 5) is 26.2. The molecule has 144 valence electrons. The van der Waals surface area contributed by atoms with Crippen molar-refractivity contribution in [3.05, 3.63) is 54.5 Å². The molecule has 1 saturated heterocycles. The first kappa shape index (κ1) is 19.0. The Balaban J connectivity index is 1.39. The highest BCUT2D eigenvalue weighted by Crippen LogP contribution is 2.24. The highest BCUT2D eigenvalue weighted by Gasteiger charge is 2.25. The molecule has 7 heteroatoms. The Morgan fingerprint density at radius 2 is 1.81 bits per heavy atom. The van der Waals surface area contributed by atoms with Crippen molar-refractivity contribution in [3.63, 3.8) is 0 Å². The molecule has 27 heavy (non-hydrogen) atoms. The minimum atomic E-state index is -0.337. The van der Waals surface area contributed by atoms with Crippen molar-refractivity contribution in [1.29, 1.82) is 0 Å². The maximum Gasteiger partial charge on any atom is 0.258 e. The fourth-order valence-corrected chi connectivity index (χ4v) is 3.11. The van der Waals surface area contributed by atoms with Crippen molar-refractivity contribution in [2.75, 3.05) is 32.8 Å². The molecular formula is C20H25N3O4. The van der Waals surface area contributed by atoms with Gasteiger partial charge in [0.15, 0.2) is 6.61 Å². The van der Waals surface area contributed by atoms with Gasteiger partial charge in [-0.25, -0.2) is 0 Å². The maximum absolute atomic E-state index is 12.1. The quantitative estimate of drug-likeness (QED) is 0.701. The van der Waals surface area contributed by atoms with E-state index in [2.05, 4.69) is 15.5 Å². The van der Waals surface area contributed by atoms with Crippen molar-refractivity contribution in [3.8, 4) is 5.75 Å². The van der Waals surface area contributed by atoms with Crippen LogP contribution in [0.3, 0.4) is 0 Å². The van der Waals surface area contributed by atoms with Gasteiger partial charge in [-0.05, 0) is 50.2 Å². The van der Waals surface area contributed by atoms with E-state index >= 15 is 0 Å². The minimum absolute atomic E-state index is 0.0172. The molecule has 1 aromatic carbocycles. The molecule has 1 aromatic heterocycles. The summed E-state index contributed by atoms with van der Waals surface area (Å²) in [5.74, 6) is 0.886. The number of carbonyl (C=O) groups is 2. The second kappa shape index (κ2) is 9.78. The van der Waals surface area contributed by atoms with Gasteiger partial charge in [0.05, 0.1) is 18.8 Å². The number of likely N-dealkylation sites (tertiary alicyclic amines) is 1. The maximum atomic E-state index is 12.1. The fraction of sp³-hybridized carbons (Fsp3) is 0.400. The van der Waals surface area contributed by atoms with Gasteiger partial charge in [-0.2, -0.15) is 0 Å². The summed E-state index contributed by atoms with van der Waals surface area (Å²) in [6, 6.07) is 12.9. The lowest BCUT2D eigenvalue weighted by atomic mass is 10.2. The molecule has 7 nitrogen and oxygen atoms in total. The van der Waals surface area contributed by atoms with E-state index in [-0.39, 0.29) is 31.0 Å². The molecular weight excluding hydrogens is 346 g/mol. The van der Waals surface area contributed by atoms with Gasteiger partial charge in [0, 0.05) is 6.54 Å². The average Bonchev–Trinajstić information content (AvgIpc) is 3.40. The lowest BCUT2D eigenvalue weighted by Crippen LogP contribution is -2.42. The fourth-order valence-electron chi connectivity index (χ4n) is 3.11. The predicted molar refractivity (Wildman–Crippen MR) is 100 cm³/mol. The third-order valence-corrected chi connectivity index (χ3v) is 4.50. The first-order valence-corrected chi connectivity index (χ1v) is 9.21.